The second kappa shape index (κ2) is 12.2. The molecule has 0 bridgehead atoms. The number of carboxylic acid groups (broad SMARTS) is 1. The highest BCUT2D eigenvalue weighted by molar-refractivity contribution is 5.98. The zero-order valence-corrected chi connectivity index (χ0v) is 22.5. The predicted molar refractivity (Wildman–Crippen MR) is 151 cm³/mol. The van der Waals surface area contributed by atoms with Gasteiger partial charge >= 0.3 is 5.97 Å². The van der Waals surface area contributed by atoms with Gasteiger partial charge in [0, 0.05) is 12.1 Å². The highest BCUT2D eigenvalue weighted by atomic mass is 16.5. The van der Waals surface area contributed by atoms with Gasteiger partial charge in [-0.2, -0.15) is 0 Å². The number of ether oxygens (including phenoxy) is 1. The maximum atomic E-state index is 13.5. The zero-order chi connectivity index (χ0) is 28.1. The maximum Gasteiger partial charge on any atom is 0.335 e. The molecule has 1 atom stereocenters. The molecule has 0 spiro atoms. The number of amides is 2. The molecule has 3 aromatic carbocycles. The van der Waals surface area contributed by atoms with Crippen LogP contribution in [-0.2, 0) is 27.4 Å². The molecule has 5 rings (SSSR count). The fourth-order valence-electron chi connectivity index (χ4n) is 5.55. The van der Waals surface area contributed by atoms with E-state index >= 15 is 0 Å². The third-order valence-corrected chi connectivity index (χ3v) is 7.67. The van der Waals surface area contributed by atoms with Crippen LogP contribution in [0, 0.1) is 12.8 Å². The lowest BCUT2D eigenvalue weighted by atomic mass is 9.83. The second-order valence-corrected chi connectivity index (χ2v) is 10.4. The lowest BCUT2D eigenvalue weighted by Crippen LogP contribution is -2.36. The van der Waals surface area contributed by atoms with Crippen molar-refractivity contribution in [2.45, 2.75) is 51.6 Å². The van der Waals surface area contributed by atoms with E-state index in [-0.39, 0.29) is 35.8 Å². The van der Waals surface area contributed by atoms with Crippen molar-refractivity contribution in [2.75, 3.05) is 6.61 Å². The number of carbonyl (C=O) groups excluding carboxylic acids is 2. The third-order valence-electron chi connectivity index (χ3n) is 7.67. The Morgan fingerprint density at radius 1 is 1.02 bits per heavy atom. The molecule has 1 saturated carbocycles. The summed E-state index contributed by atoms with van der Waals surface area (Å²) in [6.45, 7) is 2.34. The van der Waals surface area contributed by atoms with Crippen molar-refractivity contribution in [1.29, 1.82) is 0 Å². The van der Waals surface area contributed by atoms with Crippen molar-refractivity contribution < 1.29 is 24.2 Å². The van der Waals surface area contributed by atoms with Gasteiger partial charge in [-0.15, -0.1) is 5.10 Å². The van der Waals surface area contributed by atoms with E-state index in [0.717, 1.165) is 47.9 Å². The van der Waals surface area contributed by atoms with E-state index in [1.165, 1.54) is 5.01 Å². The SMILES string of the molecule is Cc1cc(CNC(=O)C(c2ccc(CN3N=C(c4ccccc4)OCC3=O)cc2)C2CCCC2)ccc1C(=O)O. The van der Waals surface area contributed by atoms with Crippen molar-refractivity contribution in [3.05, 3.63) is 106 Å². The summed E-state index contributed by atoms with van der Waals surface area (Å²) in [5.74, 6) is -0.787. The first-order valence-corrected chi connectivity index (χ1v) is 13.7. The first-order valence-electron chi connectivity index (χ1n) is 13.7. The summed E-state index contributed by atoms with van der Waals surface area (Å²) < 4.78 is 5.54. The molecule has 1 unspecified atom stereocenters. The minimum absolute atomic E-state index is 0.0277. The molecular formula is C32H33N3O5. The van der Waals surface area contributed by atoms with E-state index in [0.29, 0.717) is 24.6 Å². The lowest BCUT2D eigenvalue weighted by Gasteiger charge is -2.25. The first kappa shape index (κ1) is 27.1. The average molecular weight is 540 g/mol. The summed E-state index contributed by atoms with van der Waals surface area (Å²) >= 11 is 0. The molecule has 2 amide bonds. The van der Waals surface area contributed by atoms with Gasteiger partial charge in [0.25, 0.3) is 5.91 Å². The number of hydrogen-bond donors (Lipinski definition) is 2. The number of benzene rings is 3. The topological polar surface area (TPSA) is 108 Å². The quantitative estimate of drug-likeness (QED) is 0.398. The standard InChI is InChI=1S/C32H33N3O5/c1-21-17-23(13-16-27(21)32(38)39)18-33-30(37)29(24-7-5-6-8-24)25-14-11-22(12-15-25)19-35-28(36)20-40-31(34-35)26-9-3-2-4-10-26/h2-4,9-17,24,29H,5-8,18-20H2,1H3,(H,33,37)(H,38,39). The van der Waals surface area contributed by atoms with Gasteiger partial charge in [-0.25, -0.2) is 9.80 Å². The van der Waals surface area contributed by atoms with Crippen LogP contribution in [0.25, 0.3) is 0 Å². The largest absolute Gasteiger partial charge is 0.478 e. The van der Waals surface area contributed by atoms with Crippen LogP contribution in [-0.4, -0.2) is 40.4 Å². The number of carbonyl (C=O) groups is 3. The normalized spacial score (nSPS) is 16.3. The molecule has 0 saturated heterocycles. The van der Waals surface area contributed by atoms with Crippen molar-refractivity contribution in [2.24, 2.45) is 11.0 Å². The van der Waals surface area contributed by atoms with E-state index in [1.807, 2.05) is 60.7 Å². The van der Waals surface area contributed by atoms with Crippen LogP contribution in [0.5, 0.6) is 0 Å². The highest BCUT2D eigenvalue weighted by Crippen LogP contribution is 2.38. The molecule has 1 fully saturated rings. The summed E-state index contributed by atoms with van der Waals surface area (Å²) in [5, 5.41) is 18.2. The molecule has 1 heterocycles. The van der Waals surface area contributed by atoms with Crippen LogP contribution >= 0.6 is 0 Å². The zero-order valence-electron chi connectivity index (χ0n) is 22.5. The summed E-state index contributed by atoms with van der Waals surface area (Å²) in [4.78, 5) is 37.3. The average Bonchev–Trinajstić information content (AvgIpc) is 3.49. The van der Waals surface area contributed by atoms with Crippen LogP contribution in [0.15, 0.2) is 77.9 Å². The Kier molecular flexibility index (Phi) is 8.24. The molecule has 2 aliphatic rings. The number of aromatic carboxylic acids is 1. The van der Waals surface area contributed by atoms with E-state index in [1.54, 1.807) is 19.1 Å². The Morgan fingerprint density at radius 2 is 1.73 bits per heavy atom. The van der Waals surface area contributed by atoms with Crippen LogP contribution in [0.1, 0.15) is 69.8 Å². The van der Waals surface area contributed by atoms with E-state index in [4.69, 9.17) is 4.74 Å². The molecule has 0 aromatic heterocycles. The van der Waals surface area contributed by atoms with Gasteiger partial charge in [0.2, 0.25) is 11.8 Å². The van der Waals surface area contributed by atoms with E-state index < -0.39 is 5.97 Å². The second-order valence-electron chi connectivity index (χ2n) is 10.4. The molecule has 0 radical (unpaired) electrons. The van der Waals surface area contributed by atoms with Crippen molar-refractivity contribution in [3.8, 4) is 0 Å². The molecular weight excluding hydrogens is 506 g/mol. The molecule has 8 nitrogen and oxygen atoms in total. The molecule has 2 N–H and O–H groups in total. The molecule has 206 valence electrons. The van der Waals surface area contributed by atoms with Gasteiger partial charge in [0.05, 0.1) is 18.0 Å². The van der Waals surface area contributed by atoms with Gasteiger partial charge in [0.1, 0.15) is 0 Å². The number of aryl methyl sites for hydroxylation is 1. The number of hydrogen-bond acceptors (Lipinski definition) is 5. The van der Waals surface area contributed by atoms with Crippen LogP contribution in [0.4, 0.5) is 0 Å². The Labute approximate surface area is 233 Å². The molecule has 8 heteroatoms. The smallest absolute Gasteiger partial charge is 0.335 e. The van der Waals surface area contributed by atoms with Crippen molar-refractivity contribution in [1.82, 2.24) is 10.3 Å². The minimum Gasteiger partial charge on any atom is -0.478 e. The molecule has 1 aliphatic heterocycles. The number of rotatable bonds is 9. The Bertz CT molecular complexity index is 1410. The minimum atomic E-state index is -0.959. The summed E-state index contributed by atoms with van der Waals surface area (Å²) in [5.41, 5.74) is 4.47. The fourth-order valence-corrected chi connectivity index (χ4v) is 5.55. The van der Waals surface area contributed by atoms with Crippen molar-refractivity contribution >= 4 is 23.7 Å². The van der Waals surface area contributed by atoms with Gasteiger partial charge in [-0.3, -0.25) is 9.59 Å². The fraction of sp³-hybridized carbons (Fsp3) is 0.312. The highest BCUT2D eigenvalue weighted by Gasteiger charge is 2.32. The van der Waals surface area contributed by atoms with Gasteiger partial charge in [0.15, 0.2) is 6.61 Å². The summed E-state index contributed by atoms with van der Waals surface area (Å²) in [6, 6.07) is 22.5. The monoisotopic (exact) mass is 539 g/mol. The van der Waals surface area contributed by atoms with Crippen LogP contribution in [0.2, 0.25) is 0 Å². The Morgan fingerprint density at radius 3 is 2.40 bits per heavy atom. The van der Waals surface area contributed by atoms with Gasteiger partial charge in [-0.1, -0.05) is 67.4 Å². The van der Waals surface area contributed by atoms with Crippen LogP contribution < -0.4 is 5.32 Å². The van der Waals surface area contributed by atoms with Crippen molar-refractivity contribution in [3.63, 3.8) is 0 Å². The number of hydrazone groups is 1. The lowest BCUT2D eigenvalue weighted by molar-refractivity contribution is -0.136. The first-order chi connectivity index (χ1) is 19.4. The summed E-state index contributed by atoms with van der Waals surface area (Å²) in [6.07, 6.45) is 4.24. The number of nitrogens with zero attached hydrogens (tertiary/aromatic N) is 2. The number of carboxylic acids is 1. The molecule has 1 aliphatic carbocycles. The number of nitrogens with one attached hydrogen (secondary N) is 1. The Balaban J connectivity index is 1.29. The maximum absolute atomic E-state index is 13.5. The van der Waals surface area contributed by atoms with Gasteiger partial charge < -0.3 is 15.2 Å². The third kappa shape index (κ3) is 6.22. The van der Waals surface area contributed by atoms with E-state index in [2.05, 4.69) is 10.4 Å². The predicted octanol–water partition coefficient (Wildman–Crippen LogP) is 5.00. The summed E-state index contributed by atoms with van der Waals surface area (Å²) in [7, 11) is 0. The van der Waals surface area contributed by atoms with Gasteiger partial charge in [-0.05, 0) is 66.1 Å². The van der Waals surface area contributed by atoms with E-state index in [9.17, 15) is 19.5 Å². The molecule has 3 aromatic rings. The Hall–Kier alpha value is -4.46. The molecule has 40 heavy (non-hydrogen) atoms. The van der Waals surface area contributed by atoms with Crippen LogP contribution in [0.3, 0.4) is 0 Å².